The SMILES string of the molecule is CC(=O)c1ccccc1OCCCOc1cc(C)cc(C)c1. The van der Waals surface area contributed by atoms with Gasteiger partial charge in [-0.3, -0.25) is 4.79 Å². The maximum absolute atomic E-state index is 11.5. The van der Waals surface area contributed by atoms with Crippen LogP contribution in [0.25, 0.3) is 0 Å². The molecule has 2 rings (SSSR count). The number of para-hydroxylation sites is 1. The van der Waals surface area contributed by atoms with Gasteiger partial charge in [-0.05, 0) is 56.2 Å². The Bertz CT molecular complexity index is 627. The van der Waals surface area contributed by atoms with Gasteiger partial charge >= 0.3 is 0 Å². The Morgan fingerprint density at radius 1 is 0.955 bits per heavy atom. The second-order valence-electron chi connectivity index (χ2n) is 5.43. The normalized spacial score (nSPS) is 10.3. The number of hydrogen-bond donors (Lipinski definition) is 0. The lowest BCUT2D eigenvalue weighted by molar-refractivity contribution is 0.101. The third kappa shape index (κ3) is 4.62. The summed E-state index contributed by atoms with van der Waals surface area (Å²) in [5, 5.41) is 0. The first-order valence-corrected chi connectivity index (χ1v) is 7.50. The van der Waals surface area contributed by atoms with Gasteiger partial charge < -0.3 is 9.47 Å². The van der Waals surface area contributed by atoms with Crippen LogP contribution in [0.15, 0.2) is 42.5 Å². The molecule has 0 radical (unpaired) electrons. The first-order valence-electron chi connectivity index (χ1n) is 7.50. The zero-order valence-corrected chi connectivity index (χ0v) is 13.4. The lowest BCUT2D eigenvalue weighted by Crippen LogP contribution is -2.07. The lowest BCUT2D eigenvalue weighted by atomic mass is 10.1. The van der Waals surface area contributed by atoms with E-state index in [2.05, 4.69) is 19.9 Å². The summed E-state index contributed by atoms with van der Waals surface area (Å²) in [7, 11) is 0. The third-order valence-corrected chi connectivity index (χ3v) is 3.28. The van der Waals surface area contributed by atoms with E-state index in [0.717, 1.165) is 12.2 Å². The highest BCUT2D eigenvalue weighted by Crippen LogP contribution is 2.19. The molecule has 0 saturated heterocycles. The summed E-state index contributed by atoms with van der Waals surface area (Å²) in [4.78, 5) is 11.5. The van der Waals surface area contributed by atoms with Crippen LogP contribution >= 0.6 is 0 Å². The number of carbonyl (C=O) groups excluding carboxylic acids is 1. The molecule has 0 spiro atoms. The van der Waals surface area contributed by atoms with Crippen molar-refractivity contribution in [2.45, 2.75) is 27.2 Å². The van der Waals surface area contributed by atoms with Crippen LogP contribution < -0.4 is 9.47 Å². The number of ketones is 1. The van der Waals surface area contributed by atoms with Crippen LogP contribution in [-0.2, 0) is 0 Å². The number of hydrogen-bond acceptors (Lipinski definition) is 3. The molecule has 3 heteroatoms. The van der Waals surface area contributed by atoms with Gasteiger partial charge in [-0.15, -0.1) is 0 Å². The van der Waals surface area contributed by atoms with E-state index < -0.39 is 0 Å². The minimum absolute atomic E-state index is 0.0158. The molecule has 0 aliphatic carbocycles. The van der Waals surface area contributed by atoms with Gasteiger partial charge in [0.2, 0.25) is 0 Å². The molecule has 0 aliphatic heterocycles. The Balaban J connectivity index is 1.79. The fourth-order valence-electron chi connectivity index (χ4n) is 2.33. The molecular formula is C19H22O3. The number of aryl methyl sites for hydroxylation is 2. The molecule has 116 valence electrons. The summed E-state index contributed by atoms with van der Waals surface area (Å²) in [6.45, 7) is 6.77. The van der Waals surface area contributed by atoms with E-state index in [1.807, 2.05) is 30.3 Å². The number of carbonyl (C=O) groups is 1. The van der Waals surface area contributed by atoms with Crippen LogP contribution in [0.4, 0.5) is 0 Å². The summed E-state index contributed by atoms with van der Waals surface area (Å²) in [6.07, 6.45) is 0.763. The van der Waals surface area contributed by atoms with Gasteiger partial charge in [-0.2, -0.15) is 0 Å². The van der Waals surface area contributed by atoms with Crippen molar-refractivity contribution in [1.29, 1.82) is 0 Å². The Morgan fingerprint density at radius 2 is 1.59 bits per heavy atom. The van der Waals surface area contributed by atoms with Crippen molar-refractivity contribution in [3.8, 4) is 11.5 Å². The molecule has 0 atom stereocenters. The summed E-state index contributed by atoms with van der Waals surface area (Å²) >= 11 is 0. The predicted molar refractivity (Wildman–Crippen MR) is 88.0 cm³/mol. The Morgan fingerprint density at radius 3 is 2.27 bits per heavy atom. The zero-order valence-electron chi connectivity index (χ0n) is 13.4. The van der Waals surface area contributed by atoms with Crippen LogP contribution in [-0.4, -0.2) is 19.0 Å². The molecule has 2 aromatic rings. The van der Waals surface area contributed by atoms with Crippen molar-refractivity contribution in [1.82, 2.24) is 0 Å². The smallest absolute Gasteiger partial charge is 0.163 e. The molecule has 2 aromatic carbocycles. The largest absolute Gasteiger partial charge is 0.493 e. The quantitative estimate of drug-likeness (QED) is 0.563. The second-order valence-corrected chi connectivity index (χ2v) is 5.43. The van der Waals surface area contributed by atoms with Gasteiger partial charge in [0.1, 0.15) is 11.5 Å². The Hall–Kier alpha value is -2.29. The highest BCUT2D eigenvalue weighted by molar-refractivity contribution is 5.96. The number of rotatable bonds is 7. The molecule has 0 bridgehead atoms. The predicted octanol–water partition coefficient (Wildman–Crippen LogP) is 4.35. The van der Waals surface area contributed by atoms with Crippen LogP contribution in [0.3, 0.4) is 0 Å². The molecule has 0 saturated carbocycles. The van der Waals surface area contributed by atoms with E-state index >= 15 is 0 Å². The monoisotopic (exact) mass is 298 g/mol. The Kier molecular flexibility index (Phi) is 5.59. The van der Waals surface area contributed by atoms with Gasteiger partial charge in [0.25, 0.3) is 0 Å². The van der Waals surface area contributed by atoms with Crippen LogP contribution in [0.5, 0.6) is 11.5 Å². The fraction of sp³-hybridized carbons (Fsp3) is 0.316. The van der Waals surface area contributed by atoms with Crippen LogP contribution in [0.1, 0.15) is 34.8 Å². The summed E-state index contributed by atoms with van der Waals surface area (Å²) in [5.74, 6) is 1.55. The van der Waals surface area contributed by atoms with Crippen molar-refractivity contribution < 1.29 is 14.3 Å². The summed E-state index contributed by atoms with van der Waals surface area (Å²) in [5.41, 5.74) is 3.01. The minimum atomic E-state index is 0.0158. The van der Waals surface area contributed by atoms with Crippen LogP contribution in [0.2, 0.25) is 0 Å². The average Bonchev–Trinajstić information content (AvgIpc) is 2.46. The molecule has 0 heterocycles. The van der Waals surface area contributed by atoms with E-state index in [9.17, 15) is 4.79 Å². The van der Waals surface area contributed by atoms with Crippen molar-refractivity contribution >= 4 is 5.78 Å². The average molecular weight is 298 g/mol. The summed E-state index contributed by atoms with van der Waals surface area (Å²) in [6, 6.07) is 13.5. The fourth-order valence-corrected chi connectivity index (χ4v) is 2.33. The third-order valence-electron chi connectivity index (χ3n) is 3.28. The number of Topliss-reactive ketones (excluding diaryl/α,β-unsaturated/α-hetero) is 1. The standard InChI is InChI=1S/C19H22O3/c1-14-11-15(2)13-17(12-14)21-9-6-10-22-19-8-5-4-7-18(19)16(3)20/h4-5,7-8,11-13H,6,9-10H2,1-3H3. The summed E-state index contributed by atoms with van der Waals surface area (Å²) < 4.78 is 11.4. The number of benzene rings is 2. The lowest BCUT2D eigenvalue weighted by Gasteiger charge is -2.11. The topological polar surface area (TPSA) is 35.5 Å². The molecule has 0 fully saturated rings. The molecule has 0 unspecified atom stereocenters. The van der Waals surface area contributed by atoms with E-state index in [1.165, 1.54) is 11.1 Å². The molecule has 0 amide bonds. The number of ether oxygens (including phenoxy) is 2. The molecule has 0 aliphatic rings. The van der Waals surface area contributed by atoms with Crippen molar-refractivity contribution in [3.63, 3.8) is 0 Å². The van der Waals surface area contributed by atoms with E-state index in [4.69, 9.17) is 9.47 Å². The minimum Gasteiger partial charge on any atom is -0.493 e. The van der Waals surface area contributed by atoms with Gasteiger partial charge in [-0.1, -0.05) is 18.2 Å². The first kappa shape index (κ1) is 16.1. The van der Waals surface area contributed by atoms with Crippen molar-refractivity contribution in [2.24, 2.45) is 0 Å². The van der Waals surface area contributed by atoms with Crippen molar-refractivity contribution in [2.75, 3.05) is 13.2 Å². The molecule has 0 N–H and O–H groups in total. The molecular weight excluding hydrogens is 276 g/mol. The van der Waals surface area contributed by atoms with E-state index in [1.54, 1.807) is 13.0 Å². The maximum atomic E-state index is 11.5. The second kappa shape index (κ2) is 7.64. The maximum Gasteiger partial charge on any atom is 0.163 e. The van der Waals surface area contributed by atoms with E-state index in [0.29, 0.717) is 24.5 Å². The van der Waals surface area contributed by atoms with Crippen LogP contribution in [0, 0.1) is 13.8 Å². The zero-order chi connectivity index (χ0) is 15.9. The van der Waals surface area contributed by atoms with Crippen molar-refractivity contribution in [3.05, 3.63) is 59.2 Å². The van der Waals surface area contributed by atoms with E-state index in [-0.39, 0.29) is 5.78 Å². The Labute approximate surface area is 131 Å². The first-order chi connectivity index (χ1) is 10.6. The van der Waals surface area contributed by atoms with Gasteiger partial charge in [-0.25, -0.2) is 0 Å². The van der Waals surface area contributed by atoms with Gasteiger partial charge in [0, 0.05) is 6.42 Å². The molecule has 0 aromatic heterocycles. The highest BCUT2D eigenvalue weighted by atomic mass is 16.5. The van der Waals surface area contributed by atoms with Gasteiger partial charge in [0.15, 0.2) is 5.78 Å². The van der Waals surface area contributed by atoms with Gasteiger partial charge in [0.05, 0.1) is 18.8 Å². The molecule has 22 heavy (non-hydrogen) atoms. The highest BCUT2D eigenvalue weighted by Gasteiger charge is 2.06. The molecule has 3 nitrogen and oxygen atoms in total.